The number of aliphatic hydroxyl groups is 1. The minimum atomic E-state index is -0.591. The van der Waals surface area contributed by atoms with E-state index in [1.807, 2.05) is 38.1 Å². The van der Waals surface area contributed by atoms with Crippen LogP contribution >= 0.6 is 0 Å². The quantitative estimate of drug-likeness (QED) is 0.782. The van der Waals surface area contributed by atoms with E-state index < -0.39 is 12.3 Å². The molecular formula is C18H21NO2. The highest BCUT2D eigenvalue weighted by atomic mass is 16.5. The summed E-state index contributed by atoms with van der Waals surface area (Å²) >= 11 is 0. The number of ether oxygens (including phenoxy) is 1. The minimum Gasteiger partial charge on any atom is -0.389 e. The van der Waals surface area contributed by atoms with Crippen LogP contribution in [0.4, 0.5) is 0 Å². The molecule has 0 saturated carbocycles. The number of hydrogen-bond donors (Lipinski definition) is 1. The Labute approximate surface area is 124 Å². The van der Waals surface area contributed by atoms with E-state index >= 15 is 0 Å². The minimum absolute atomic E-state index is 0.0459. The summed E-state index contributed by atoms with van der Waals surface area (Å²) < 4.78 is 8.09. The molecule has 2 aromatic carbocycles. The van der Waals surface area contributed by atoms with Crippen LogP contribution in [0.2, 0.25) is 0 Å². The number of hydrogen-bond acceptors (Lipinski definition) is 2. The molecule has 0 amide bonds. The van der Waals surface area contributed by atoms with Crippen LogP contribution < -0.4 is 0 Å². The average Bonchev–Trinajstić information content (AvgIpc) is 2.79. The van der Waals surface area contributed by atoms with Gasteiger partial charge in [-0.3, -0.25) is 0 Å². The van der Waals surface area contributed by atoms with Crippen molar-refractivity contribution in [1.29, 1.82) is 0 Å². The smallest absolute Gasteiger partial charge is 0.160 e. The van der Waals surface area contributed by atoms with Gasteiger partial charge in [0.05, 0.1) is 23.2 Å². The molecule has 0 spiro atoms. The molecule has 3 nitrogen and oxygen atoms in total. The van der Waals surface area contributed by atoms with E-state index in [1.165, 1.54) is 10.8 Å². The van der Waals surface area contributed by atoms with E-state index in [-0.39, 0.29) is 6.10 Å². The maximum absolute atomic E-state index is 10.2. The van der Waals surface area contributed by atoms with Gasteiger partial charge in [-0.25, -0.2) is 0 Å². The van der Waals surface area contributed by atoms with Crippen LogP contribution in [0.15, 0.2) is 48.5 Å². The van der Waals surface area contributed by atoms with E-state index in [0.29, 0.717) is 0 Å². The number of aliphatic hydroxyl groups excluding tert-OH is 1. The van der Waals surface area contributed by atoms with Crippen molar-refractivity contribution in [2.75, 3.05) is 0 Å². The SMILES string of the molecule is CC(C)O[C@@H]([C@@H](C)O)n1c2ccccc2c2ccccc21. The molecule has 110 valence electrons. The van der Waals surface area contributed by atoms with Crippen LogP contribution in [-0.2, 0) is 4.74 Å². The standard InChI is InChI=1S/C18H21NO2/c1-12(2)21-18(13(3)20)19-16-10-6-4-8-14(16)15-9-5-7-11-17(15)19/h4-13,18,20H,1-3H3/t13-,18+/m1/s1. The maximum atomic E-state index is 10.2. The highest BCUT2D eigenvalue weighted by Gasteiger charge is 2.23. The fourth-order valence-electron chi connectivity index (χ4n) is 2.90. The van der Waals surface area contributed by atoms with E-state index in [4.69, 9.17) is 4.74 Å². The second-order valence-electron chi connectivity index (χ2n) is 5.72. The molecule has 0 aliphatic heterocycles. The molecule has 0 bridgehead atoms. The Morgan fingerprint density at radius 1 is 0.857 bits per heavy atom. The van der Waals surface area contributed by atoms with Crippen molar-refractivity contribution in [3.05, 3.63) is 48.5 Å². The zero-order valence-corrected chi connectivity index (χ0v) is 12.7. The molecule has 21 heavy (non-hydrogen) atoms. The molecule has 1 heterocycles. The zero-order chi connectivity index (χ0) is 15.0. The second-order valence-corrected chi connectivity index (χ2v) is 5.72. The van der Waals surface area contributed by atoms with Gasteiger partial charge in [0.25, 0.3) is 0 Å². The van der Waals surface area contributed by atoms with Crippen molar-refractivity contribution in [3.8, 4) is 0 Å². The number of rotatable bonds is 4. The topological polar surface area (TPSA) is 34.4 Å². The third-order valence-corrected chi connectivity index (χ3v) is 3.70. The van der Waals surface area contributed by atoms with Gasteiger partial charge < -0.3 is 14.4 Å². The maximum Gasteiger partial charge on any atom is 0.160 e. The lowest BCUT2D eigenvalue weighted by molar-refractivity contribution is -0.0962. The van der Waals surface area contributed by atoms with E-state index in [9.17, 15) is 5.11 Å². The van der Waals surface area contributed by atoms with Crippen LogP contribution in [0.5, 0.6) is 0 Å². The summed E-state index contributed by atoms with van der Waals surface area (Å²) in [6.45, 7) is 5.75. The van der Waals surface area contributed by atoms with Crippen molar-refractivity contribution in [2.24, 2.45) is 0 Å². The lowest BCUT2D eigenvalue weighted by atomic mass is 10.2. The van der Waals surface area contributed by atoms with Gasteiger partial charge in [-0.15, -0.1) is 0 Å². The Morgan fingerprint density at radius 2 is 1.33 bits per heavy atom. The molecule has 1 aromatic heterocycles. The van der Waals surface area contributed by atoms with Crippen LogP contribution in [0.25, 0.3) is 21.8 Å². The Hall–Kier alpha value is -1.84. The Bertz CT molecular complexity index is 705. The van der Waals surface area contributed by atoms with E-state index in [0.717, 1.165) is 11.0 Å². The molecule has 0 radical (unpaired) electrons. The first-order chi connectivity index (χ1) is 10.1. The summed E-state index contributed by atoms with van der Waals surface area (Å²) in [5.74, 6) is 0. The number of para-hydroxylation sites is 2. The summed E-state index contributed by atoms with van der Waals surface area (Å²) in [5.41, 5.74) is 2.18. The summed E-state index contributed by atoms with van der Waals surface area (Å²) in [5, 5.41) is 12.6. The monoisotopic (exact) mass is 283 g/mol. The molecule has 2 atom stereocenters. The van der Waals surface area contributed by atoms with Crippen molar-refractivity contribution >= 4 is 21.8 Å². The average molecular weight is 283 g/mol. The molecule has 0 aliphatic rings. The molecule has 0 saturated heterocycles. The molecule has 3 heteroatoms. The molecule has 3 rings (SSSR count). The molecule has 0 unspecified atom stereocenters. The van der Waals surface area contributed by atoms with Crippen molar-refractivity contribution < 1.29 is 9.84 Å². The first kappa shape index (κ1) is 14.1. The van der Waals surface area contributed by atoms with Gasteiger partial charge in [0.15, 0.2) is 6.23 Å². The number of nitrogens with zero attached hydrogens (tertiary/aromatic N) is 1. The fraction of sp³-hybridized carbons (Fsp3) is 0.333. The summed E-state index contributed by atoms with van der Waals surface area (Å²) in [6, 6.07) is 16.5. The number of fused-ring (bicyclic) bond motifs is 3. The van der Waals surface area contributed by atoms with Crippen LogP contribution in [0.3, 0.4) is 0 Å². The fourth-order valence-corrected chi connectivity index (χ4v) is 2.90. The Kier molecular flexibility index (Phi) is 3.70. The molecule has 3 aromatic rings. The molecule has 0 aliphatic carbocycles. The highest BCUT2D eigenvalue weighted by Crippen LogP contribution is 2.33. The Balaban J connectivity index is 2.32. The van der Waals surface area contributed by atoms with Gasteiger partial charge in [0.1, 0.15) is 0 Å². The van der Waals surface area contributed by atoms with Crippen molar-refractivity contribution in [1.82, 2.24) is 4.57 Å². The molecule has 1 N–H and O–H groups in total. The van der Waals surface area contributed by atoms with Crippen molar-refractivity contribution in [2.45, 2.75) is 39.2 Å². The molecular weight excluding hydrogens is 262 g/mol. The first-order valence-electron chi connectivity index (χ1n) is 7.41. The zero-order valence-electron chi connectivity index (χ0n) is 12.7. The summed E-state index contributed by atoms with van der Waals surface area (Å²) in [6.07, 6.45) is -0.939. The van der Waals surface area contributed by atoms with Crippen LogP contribution in [0.1, 0.15) is 27.0 Å². The van der Waals surface area contributed by atoms with Crippen LogP contribution in [-0.4, -0.2) is 21.9 Å². The van der Waals surface area contributed by atoms with E-state index in [1.54, 1.807) is 6.92 Å². The Morgan fingerprint density at radius 3 is 1.76 bits per heavy atom. The number of benzene rings is 2. The van der Waals surface area contributed by atoms with Gasteiger partial charge in [-0.1, -0.05) is 36.4 Å². The van der Waals surface area contributed by atoms with Gasteiger partial charge >= 0.3 is 0 Å². The lowest BCUT2D eigenvalue weighted by Crippen LogP contribution is -2.26. The third kappa shape index (κ3) is 2.43. The van der Waals surface area contributed by atoms with Gasteiger partial charge in [0.2, 0.25) is 0 Å². The number of aromatic nitrogens is 1. The van der Waals surface area contributed by atoms with Gasteiger partial charge in [-0.2, -0.15) is 0 Å². The van der Waals surface area contributed by atoms with Gasteiger partial charge in [-0.05, 0) is 32.9 Å². The third-order valence-electron chi connectivity index (χ3n) is 3.70. The summed E-state index contributed by atoms with van der Waals surface area (Å²) in [4.78, 5) is 0. The summed E-state index contributed by atoms with van der Waals surface area (Å²) in [7, 11) is 0. The van der Waals surface area contributed by atoms with Crippen molar-refractivity contribution in [3.63, 3.8) is 0 Å². The van der Waals surface area contributed by atoms with Gasteiger partial charge in [0, 0.05) is 10.8 Å². The first-order valence-corrected chi connectivity index (χ1v) is 7.41. The predicted octanol–water partition coefficient (Wildman–Crippen LogP) is 4.10. The largest absolute Gasteiger partial charge is 0.389 e. The molecule has 0 fully saturated rings. The predicted molar refractivity (Wildman–Crippen MR) is 86.4 cm³/mol. The normalized spacial score (nSPS) is 14.9. The van der Waals surface area contributed by atoms with E-state index in [2.05, 4.69) is 28.8 Å². The lowest BCUT2D eigenvalue weighted by Gasteiger charge is -2.26. The second kappa shape index (κ2) is 5.51. The van der Waals surface area contributed by atoms with Crippen LogP contribution in [0, 0.1) is 0 Å². The highest BCUT2D eigenvalue weighted by molar-refractivity contribution is 6.08.